The van der Waals surface area contributed by atoms with E-state index in [-0.39, 0.29) is 3.70 Å². The number of aromatic amines is 1. The first-order valence-corrected chi connectivity index (χ1v) is 6.78. The molecule has 1 heterocycles. The van der Waals surface area contributed by atoms with Crippen molar-refractivity contribution in [2.45, 2.75) is 11.3 Å². The van der Waals surface area contributed by atoms with E-state index in [0.717, 1.165) is 6.07 Å². The first-order valence-electron chi connectivity index (χ1n) is 3.39. The third-order valence-corrected chi connectivity index (χ3v) is 3.40. The SMILES string of the molecule is O=c1cc(I)[nH]c(C(F)F)c1S(=O)(=O)Cl. The highest BCUT2D eigenvalue weighted by molar-refractivity contribution is 14.1. The predicted octanol–water partition coefficient (Wildman–Crippen LogP) is 1.84. The number of aromatic nitrogens is 1. The fraction of sp³-hybridized carbons (Fsp3) is 0.167. The minimum absolute atomic E-state index is 0.108. The van der Waals surface area contributed by atoms with Crippen LogP contribution in [0, 0.1) is 3.70 Å². The van der Waals surface area contributed by atoms with Crippen LogP contribution in [0.5, 0.6) is 0 Å². The minimum atomic E-state index is -4.48. The summed E-state index contributed by atoms with van der Waals surface area (Å²) in [6, 6.07) is 0.877. The fourth-order valence-corrected chi connectivity index (χ4v) is 2.69. The summed E-state index contributed by atoms with van der Waals surface area (Å²) in [7, 11) is 0.401. The highest BCUT2D eigenvalue weighted by Crippen LogP contribution is 2.24. The second-order valence-corrected chi connectivity index (χ2v) is 6.13. The molecular formula is C6H3ClF2INO3S. The van der Waals surface area contributed by atoms with Crippen molar-refractivity contribution in [3.05, 3.63) is 25.7 Å². The fourth-order valence-electron chi connectivity index (χ4n) is 0.940. The molecule has 84 valence electrons. The van der Waals surface area contributed by atoms with Crippen molar-refractivity contribution in [1.29, 1.82) is 0 Å². The maximum Gasteiger partial charge on any atom is 0.279 e. The molecule has 0 bridgehead atoms. The van der Waals surface area contributed by atoms with Crippen LogP contribution in [0.15, 0.2) is 15.8 Å². The van der Waals surface area contributed by atoms with Gasteiger partial charge in [-0.1, -0.05) is 0 Å². The second-order valence-electron chi connectivity index (χ2n) is 2.46. The average molecular weight is 370 g/mol. The molecule has 9 heteroatoms. The highest BCUT2D eigenvalue weighted by atomic mass is 127. The van der Waals surface area contributed by atoms with Crippen molar-refractivity contribution in [2.75, 3.05) is 0 Å². The van der Waals surface area contributed by atoms with Gasteiger partial charge in [0, 0.05) is 16.7 Å². The van der Waals surface area contributed by atoms with E-state index >= 15 is 0 Å². The normalized spacial score (nSPS) is 12.1. The summed E-state index contributed by atoms with van der Waals surface area (Å²) in [5.41, 5.74) is -2.04. The van der Waals surface area contributed by atoms with E-state index in [4.69, 9.17) is 10.7 Å². The molecule has 0 spiro atoms. The van der Waals surface area contributed by atoms with Gasteiger partial charge in [0.2, 0.25) is 5.43 Å². The van der Waals surface area contributed by atoms with Crippen LogP contribution >= 0.6 is 33.3 Å². The van der Waals surface area contributed by atoms with Gasteiger partial charge < -0.3 is 4.98 Å². The van der Waals surface area contributed by atoms with Gasteiger partial charge in [-0.25, -0.2) is 17.2 Å². The highest BCUT2D eigenvalue weighted by Gasteiger charge is 2.26. The Hall–Kier alpha value is -0.220. The molecule has 1 aromatic heterocycles. The largest absolute Gasteiger partial charge is 0.348 e. The summed E-state index contributed by atoms with van der Waals surface area (Å²) in [6.07, 6.45) is -3.11. The zero-order valence-electron chi connectivity index (χ0n) is 6.80. The first kappa shape index (κ1) is 12.8. The van der Waals surface area contributed by atoms with E-state index in [0.29, 0.717) is 0 Å². The smallest absolute Gasteiger partial charge is 0.279 e. The number of alkyl halides is 2. The van der Waals surface area contributed by atoms with E-state index in [9.17, 15) is 22.0 Å². The van der Waals surface area contributed by atoms with Gasteiger partial charge in [0.05, 0.1) is 3.70 Å². The third-order valence-electron chi connectivity index (χ3n) is 1.44. The van der Waals surface area contributed by atoms with Crippen LogP contribution in [0.25, 0.3) is 0 Å². The molecule has 0 fully saturated rings. The van der Waals surface area contributed by atoms with Gasteiger partial charge in [0.1, 0.15) is 5.69 Å². The average Bonchev–Trinajstić information content (AvgIpc) is 1.99. The second kappa shape index (κ2) is 4.34. The van der Waals surface area contributed by atoms with E-state index in [2.05, 4.69) is 4.98 Å². The van der Waals surface area contributed by atoms with Crippen LogP contribution in [-0.2, 0) is 9.05 Å². The number of nitrogens with one attached hydrogen (secondary N) is 1. The molecule has 0 atom stereocenters. The molecule has 4 nitrogen and oxygen atoms in total. The molecule has 0 aromatic carbocycles. The first-order chi connectivity index (χ1) is 6.73. The van der Waals surface area contributed by atoms with Crippen LogP contribution in [0.3, 0.4) is 0 Å². The number of rotatable bonds is 2. The maximum absolute atomic E-state index is 12.4. The lowest BCUT2D eigenvalue weighted by atomic mass is 10.3. The molecular weight excluding hydrogens is 366 g/mol. The molecule has 0 radical (unpaired) electrons. The summed E-state index contributed by atoms with van der Waals surface area (Å²) in [6.45, 7) is 0. The van der Waals surface area contributed by atoms with Crippen molar-refractivity contribution >= 4 is 42.3 Å². The zero-order valence-corrected chi connectivity index (χ0v) is 10.5. The lowest BCUT2D eigenvalue weighted by molar-refractivity contribution is 0.142. The number of pyridine rings is 1. The summed E-state index contributed by atoms with van der Waals surface area (Å²) >= 11 is 1.58. The Morgan fingerprint density at radius 2 is 2.00 bits per heavy atom. The Balaban J connectivity index is 3.71. The zero-order chi connectivity index (χ0) is 11.8. The molecule has 0 amide bonds. The van der Waals surface area contributed by atoms with Crippen molar-refractivity contribution in [2.24, 2.45) is 0 Å². The monoisotopic (exact) mass is 369 g/mol. The van der Waals surface area contributed by atoms with Gasteiger partial charge in [-0.2, -0.15) is 0 Å². The van der Waals surface area contributed by atoms with E-state index in [1.165, 1.54) is 0 Å². The molecule has 0 unspecified atom stereocenters. The van der Waals surface area contributed by atoms with E-state index in [1.807, 2.05) is 0 Å². The molecule has 0 aliphatic carbocycles. The van der Waals surface area contributed by atoms with Gasteiger partial charge >= 0.3 is 0 Å². The number of hydrogen-bond acceptors (Lipinski definition) is 3. The Labute approximate surface area is 101 Å². The van der Waals surface area contributed by atoms with Gasteiger partial charge in [0.25, 0.3) is 15.5 Å². The number of H-pyrrole nitrogens is 1. The summed E-state index contributed by atoms with van der Waals surface area (Å²) < 4.78 is 46.8. The molecule has 15 heavy (non-hydrogen) atoms. The van der Waals surface area contributed by atoms with Crippen LogP contribution in [0.4, 0.5) is 8.78 Å². The van der Waals surface area contributed by atoms with Crippen molar-refractivity contribution < 1.29 is 17.2 Å². The third kappa shape index (κ3) is 2.88. The Morgan fingerprint density at radius 1 is 1.47 bits per heavy atom. The summed E-state index contributed by atoms with van der Waals surface area (Å²) in [4.78, 5) is 12.2. The Morgan fingerprint density at radius 3 is 2.40 bits per heavy atom. The quantitative estimate of drug-likeness (QED) is 0.491. The molecule has 0 saturated heterocycles. The Kier molecular flexibility index (Phi) is 3.71. The van der Waals surface area contributed by atoms with Gasteiger partial charge in [-0.05, 0) is 22.6 Å². The molecule has 1 N–H and O–H groups in total. The maximum atomic E-state index is 12.4. The van der Waals surface area contributed by atoms with Crippen molar-refractivity contribution in [1.82, 2.24) is 4.98 Å². The van der Waals surface area contributed by atoms with E-state index < -0.39 is 31.5 Å². The minimum Gasteiger partial charge on any atom is -0.348 e. The predicted molar refractivity (Wildman–Crippen MR) is 57.8 cm³/mol. The van der Waals surface area contributed by atoms with Gasteiger partial charge in [0.15, 0.2) is 4.90 Å². The molecule has 1 rings (SSSR count). The van der Waals surface area contributed by atoms with Crippen molar-refractivity contribution in [3.8, 4) is 0 Å². The van der Waals surface area contributed by atoms with E-state index in [1.54, 1.807) is 22.6 Å². The summed E-state index contributed by atoms with van der Waals surface area (Å²) in [5, 5.41) is 0. The number of hydrogen-bond donors (Lipinski definition) is 1. The number of halogens is 4. The molecule has 0 saturated carbocycles. The van der Waals surface area contributed by atoms with Crippen molar-refractivity contribution in [3.63, 3.8) is 0 Å². The van der Waals surface area contributed by atoms with Crippen LogP contribution in [-0.4, -0.2) is 13.4 Å². The molecule has 0 aliphatic heterocycles. The summed E-state index contributed by atoms with van der Waals surface area (Å²) in [5.74, 6) is 0. The lowest BCUT2D eigenvalue weighted by Gasteiger charge is -2.05. The Bertz CT molecular complexity index is 542. The van der Waals surface area contributed by atoms with Gasteiger partial charge in [-0.15, -0.1) is 0 Å². The molecule has 0 aliphatic rings. The van der Waals surface area contributed by atoms with Crippen LogP contribution in [0.2, 0.25) is 0 Å². The lowest BCUT2D eigenvalue weighted by Crippen LogP contribution is -2.16. The van der Waals surface area contributed by atoms with Crippen LogP contribution in [0.1, 0.15) is 12.1 Å². The standard InChI is InChI=1S/C6H3ClF2INO3S/c7-15(13,14)5-2(12)1-3(10)11-4(5)6(8)9/h1,6H,(H,11,12). The van der Waals surface area contributed by atoms with Crippen LogP contribution < -0.4 is 5.43 Å². The molecule has 1 aromatic rings. The topological polar surface area (TPSA) is 67.0 Å². The van der Waals surface area contributed by atoms with Gasteiger partial charge in [-0.3, -0.25) is 4.79 Å².